The van der Waals surface area contributed by atoms with Crippen LogP contribution in [0.4, 0.5) is 11.4 Å². The third kappa shape index (κ3) is 4.04. The van der Waals surface area contributed by atoms with Gasteiger partial charge in [-0.2, -0.15) is 0 Å². The smallest absolute Gasteiger partial charge is 0.230 e. The molecular weight excluding hydrogens is 408 g/mol. The van der Waals surface area contributed by atoms with Crippen LogP contribution in [-0.2, 0) is 25.8 Å². The lowest BCUT2D eigenvalue weighted by molar-refractivity contribution is -0.121. The largest absolute Gasteiger partial charge is 0.325 e. The molecule has 8 heteroatoms. The standard InChI is InChI=1S/C21H22N2O4S2/c1-14(21(25)23-10-8-15-4-2-3-5-18(15)23)13-29(26,27)16-6-7-19-17(12-16)22-20(24)9-11-28-19/h2-7,12,14H,8-11,13H2,1H3,(H,22,24)/t14-/m1/s1. The molecule has 0 saturated heterocycles. The molecule has 1 atom stereocenters. The van der Waals surface area contributed by atoms with Crippen LogP contribution < -0.4 is 10.2 Å². The fourth-order valence-electron chi connectivity index (χ4n) is 3.72. The maximum Gasteiger partial charge on any atom is 0.230 e. The normalized spacial score (nSPS) is 17.1. The second-order valence-electron chi connectivity index (χ2n) is 7.36. The van der Waals surface area contributed by atoms with Crippen molar-refractivity contribution < 1.29 is 18.0 Å². The summed E-state index contributed by atoms with van der Waals surface area (Å²) >= 11 is 1.52. The van der Waals surface area contributed by atoms with Crippen molar-refractivity contribution in [3.05, 3.63) is 48.0 Å². The number of nitrogens with zero attached hydrogens (tertiary/aromatic N) is 1. The number of amides is 2. The molecule has 2 aromatic rings. The maximum atomic E-state index is 13.0. The summed E-state index contributed by atoms with van der Waals surface area (Å²) in [5.41, 5.74) is 2.49. The van der Waals surface area contributed by atoms with Crippen molar-refractivity contribution in [1.29, 1.82) is 0 Å². The van der Waals surface area contributed by atoms with Crippen LogP contribution in [0.3, 0.4) is 0 Å². The average molecular weight is 431 g/mol. The van der Waals surface area contributed by atoms with E-state index in [1.54, 1.807) is 24.0 Å². The molecule has 29 heavy (non-hydrogen) atoms. The highest BCUT2D eigenvalue weighted by molar-refractivity contribution is 7.99. The van der Waals surface area contributed by atoms with Crippen LogP contribution in [0.2, 0.25) is 0 Å². The summed E-state index contributed by atoms with van der Waals surface area (Å²) in [6, 6.07) is 12.5. The number of thioether (sulfide) groups is 1. The second kappa shape index (κ2) is 7.84. The lowest BCUT2D eigenvalue weighted by Gasteiger charge is -2.22. The average Bonchev–Trinajstić information content (AvgIpc) is 3.02. The van der Waals surface area contributed by atoms with Gasteiger partial charge in [-0.05, 0) is 36.2 Å². The lowest BCUT2D eigenvalue weighted by atomic mass is 10.1. The number of para-hydroxylation sites is 1. The Hall–Kier alpha value is -2.32. The number of hydrogen-bond donors (Lipinski definition) is 1. The van der Waals surface area contributed by atoms with Gasteiger partial charge in [-0.1, -0.05) is 25.1 Å². The highest BCUT2D eigenvalue weighted by atomic mass is 32.2. The van der Waals surface area contributed by atoms with Gasteiger partial charge in [0.25, 0.3) is 0 Å². The lowest BCUT2D eigenvalue weighted by Crippen LogP contribution is -2.36. The minimum Gasteiger partial charge on any atom is -0.325 e. The van der Waals surface area contributed by atoms with E-state index in [2.05, 4.69) is 5.32 Å². The fourth-order valence-corrected chi connectivity index (χ4v) is 6.23. The number of fused-ring (bicyclic) bond motifs is 2. The van der Waals surface area contributed by atoms with Crippen LogP contribution in [0.25, 0.3) is 0 Å². The molecule has 0 bridgehead atoms. The van der Waals surface area contributed by atoms with E-state index < -0.39 is 15.8 Å². The number of anilines is 2. The Morgan fingerprint density at radius 2 is 2.00 bits per heavy atom. The van der Waals surface area contributed by atoms with E-state index in [0.717, 1.165) is 22.6 Å². The van der Waals surface area contributed by atoms with Crippen LogP contribution in [0.15, 0.2) is 52.3 Å². The molecule has 0 saturated carbocycles. The summed E-state index contributed by atoms with van der Waals surface area (Å²) in [7, 11) is -3.68. The van der Waals surface area contributed by atoms with Crippen LogP contribution in [0.1, 0.15) is 18.9 Å². The quantitative estimate of drug-likeness (QED) is 0.806. The van der Waals surface area contributed by atoms with Crippen molar-refractivity contribution in [2.75, 3.05) is 28.3 Å². The molecule has 1 N–H and O–H groups in total. The Morgan fingerprint density at radius 1 is 1.21 bits per heavy atom. The molecule has 0 unspecified atom stereocenters. The Kier molecular flexibility index (Phi) is 5.40. The third-order valence-electron chi connectivity index (χ3n) is 5.22. The van der Waals surface area contributed by atoms with Gasteiger partial charge in [0.1, 0.15) is 0 Å². The molecule has 2 aliphatic heterocycles. The van der Waals surface area contributed by atoms with E-state index >= 15 is 0 Å². The summed E-state index contributed by atoms with van der Waals surface area (Å²) in [5.74, 6) is -0.592. The van der Waals surface area contributed by atoms with Crippen molar-refractivity contribution in [1.82, 2.24) is 0 Å². The van der Waals surface area contributed by atoms with Gasteiger partial charge in [-0.25, -0.2) is 8.42 Å². The summed E-state index contributed by atoms with van der Waals surface area (Å²) in [6.07, 6.45) is 1.17. The van der Waals surface area contributed by atoms with E-state index in [1.807, 2.05) is 24.3 Å². The second-order valence-corrected chi connectivity index (χ2v) is 10.5. The SMILES string of the molecule is C[C@H](CS(=O)(=O)c1ccc2c(c1)NC(=O)CCS2)C(=O)N1CCc2ccccc21. The summed E-state index contributed by atoms with van der Waals surface area (Å²) in [4.78, 5) is 27.4. The van der Waals surface area contributed by atoms with Crippen LogP contribution >= 0.6 is 11.8 Å². The van der Waals surface area contributed by atoms with Gasteiger partial charge in [-0.15, -0.1) is 11.8 Å². The van der Waals surface area contributed by atoms with Gasteiger partial charge < -0.3 is 10.2 Å². The fraction of sp³-hybridized carbons (Fsp3) is 0.333. The van der Waals surface area contributed by atoms with Crippen molar-refractivity contribution in [3.8, 4) is 0 Å². The van der Waals surface area contributed by atoms with Crippen molar-refractivity contribution >= 4 is 44.8 Å². The minimum absolute atomic E-state index is 0.123. The van der Waals surface area contributed by atoms with Gasteiger partial charge in [0, 0.05) is 35.2 Å². The number of hydrogen-bond acceptors (Lipinski definition) is 5. The molecule has 152 valence electrons. The van der Waals surface area contributed by atoms with Gasteiger partial charge in [0.15, 0.2) is 9.84 Å². The monoisotopic (exact) mass is 430 g/mol. The van der Waals surface area contributed by atoms with Crippen molar-refractivity contribution in [2.24, 2.45) is 5.92 Å². The highest BCUT2D eigenvalue weighted by Gasteiger charge is 2.31. The van der Waals surface area contributed by atoms with Crippen LogP contribution in [-0.4, -0.2) is 38.3 Å². The van der Waals surface area contributed by atoms with Crippen LogP contribution in [0, 0.1) is 5.92 Å². The molecule has 6 nitrogen and oxygen atoms in total. The molecular formula is C21H22N2O4S2. The first-order valence-corrected chi connectivity index (χ1v) is 12.2. The van der Waals surface area contributed by atoms with Crippen LogP contribution in [0.5, 0.6) is 0 Å². The summed E-state index contributed by atoms with van der Waals surface area (Å²) in [5, 5.41) is 2.77. The van der Waals surface area contributed by atoms with Crippen molar-refractivity contribution in [2.45, 2.75) is 29.6 Å². The van der Waals surface area contributed by atoms with Gasteiger partial charge >= 0.3 is 0 Å². The molecule has 4 rings (SSSR count). The van der Waals surface area contributed by atoms with E-state index in [4.69, 9.17) is 0 Å². The topological polar surface area (TPSA) is 83.5 Å². The molecule has 2 heterocycles. The molecule has 0 fully saturated rings. The van der Waals surface area contributed by atoms with E-state index in [1.165, 1.54) is 17.8 Å². The molecule has 0 aliphatic carbocycles. The molecule has 2 aromatic carbocycles. The molecule has 2 aliphatic rings. The summed E-state index contributed by atoms with van der Waals surface area (Å²) in [6.45, 7) is 2.23. The number of carbonyl (C=O) groups excluding carboxylic acids is 2. The zero-order chi connectivity index (χ0) is 20.6. The van der Waals surface area contributed by atoms with Gasteiger partial charge in [0.05, 0.1) is 16.3 Å². The van der Waals surface area contributed by atoms with Gasteiger partial charge in [-0.3, -0.25) is 9.59 Å². The van der Waals surface area contributed by atoms with E-state index in [9.17, 15) is 18.0 Å². The van der Waals surface area contributed by atoms with Crippen molar-refractivity contribution in [3.63, 3.8) is 0 Å². The molecule has 0 aromatic heterocycles. The van der Waals surface area contributed by atoms with E-state index in [-0.39, 0.29) is 22.5 Å². The Balaban J connectivity index is 1.53. The van der Waals surface area contributed by atoms with Gasteiger partial charge in [0.2, 0.25) is 11.8 Å². The Labute approximate surface area is 174 Å². The van der Waals surface area contributed by atoms with E-state index in [0.29, 0.717) is 24.4 Å². The number of carbonyl (C=O) groups is 2. The molecule has 2 amide bonds. The maximum absolute atomic E-state index is 13.0. The first-order valence-electron chi connectivity index (χ1n) is 9.54. The third-order valence-corrected chi connectivity index (χ3v) is 8.20. The number of benzene rings is 2. The zero-order valence-corrected chi connectivity index (χ0v) is 17.7. The Bertz CT molecular complexity index is 1080. The summed E-state index contributed by atoms with van der Waals surface area (Å²) < 4.78 is 25.9. The number of nitrogens with one attached hydrogen (secondary N) is 1. The predicted molar refractivity (Wildman–Crippen MR) is 114 cm³/mol. The zero-order valence-electron chi connectivity index (χ0n) is 16.1. The number of rotatable bonds is 4. The minimum atomic E-state index is -3.68. The highest BCUT2D eigenvalue weighted by Crippen LogP contribution is 2.34. The molecule has 0 radical (unpaired) electrons. The first-order chi connectivity index (χ1) is 13.8. The molecule has 0 spiro atoms. The predicted octanol–water partition coefficient (Wildman–Crippen LogP) is 3.12. The first kappa shape index (κ1) is 20.0. The Morgan fingerprint density at radius 3 is 2.83 bits per heavy atom. The number of sulfone groups is 1.